The van der Waals surface area contributed by atoms with Gasteiger partial charge in [-0.05, 0) is 56.2 Å². The van der Waals surface area contributed by atoms with E-state index < -0.39 is 11.6 Å². The average molecular weight is 395 g/mol. The minimum absolute atomic E-state index is 0.367. The molecular weight excluding hydrogens is 362 g/mol. The molecule has 1 saturated carbocycles. The number of rotatable bonds is 9. The van der Waals surface area contributed by atoms with E-state index in [9.17, 15) is 8.78 Å². The van der Waals surface area contributed by atoms with Crippen LogP contribution in [-0.4, -0.2) is 56.3 Å². The molecule has 1 aliphatic heterocycles. The number of piperidine rings is 1. The lowest BCUT2D eigenvalue weighted by Gasteiger charge is -2.33. The first-order valence-electron chi connectivity index (χ1n) is 10.4. The Morgan fingerprint density at radius 1 is 1.18 bits per heavy atom. The molecule has 2 fully saturated rings. The summed E-state index contributed by atoms with van der Waals surface area (Å²) in [5.41, 5.74) is 0.811. The molecule has 1 aromatic rings. The molecule has 28 heavy (non-hydrogen) atoms. The Hall–Kier alpha value is -1.73. The average Bonchev–Trinajstić information content (AvgIpc) is 3.50. The lowest BCUT2D eigenvalue weighted by molar-refractivity contribution is 0.131. The van der Waals surface area contributed by atoms with E-state index in [2.05, 4.69) is 27.4 Å². The number of benzene rings is 1. The van der Waals surface area contributed by atoms with Gasteiger partial charge in [-0.1, -0.05) is 6.07 Å². The van der Waals surface area contributed by atoms with Crippen LogP contribution in [0.1, 0.15) is 38.2 Å². The molecule has 0 unspecified atom stereocenters. The van der Waals surface area contributed by atoms with Gasteiger partial charge in [0.25, 0.3) is 0 Å². The van der Waals surface area contributed by atoms with Crippen molar-refractivity contribution in [2.75, 3.05) is 39.4 Å². The number of halogens is 2. The van der Waals surface area contributed by atoms with Gasteiger partial charge in [0.05, 0.1) is 13.2 Å². The van der Waals surface area contributed by atoms with Crippen molar-refractivity contribution < 1.29 is 13.5 Å². The Morgan fingerprint density at radius 3 is 2.64 bits per heavy atom. The molecule has 0 spiro atoms. The standard InChI is InChI=1S/C21H32F2N4O/c1-2-24-21(25-9-12-28-15-16-3-4-16)26-18-7-10-27(11-8-18)14-17-5-6-19(22)20(23)13-17/h5-6,13,16,18H,2-4,7-12,14-15H2,1H3,(H2,24,25,26). The van der Waals surface area contributed by atoms with Crippen molar-refractivity contribution >= 4 is 5.96 Å². The summed E-state index contributed by atoms with van der Waals surface area (Å²) < 4.78 is 32.1. The molecule has 1 aliphatic carbocycles. The molecule has 0 bridgehead atoms. The monoisotopic (exact) mass is 394 g/mol. The zero-order valence-electron chi connectivity index (χ0n) is 16.7. The highest BCUT2D eigenvalue weighted by Gasteiger charge is 2.21. The van der Waals surface area contributed by atoms with E-state index in [1.54, 1.807) is 6.07 Å². The van der Waals surface area contributed by atoms with Gasteiger partial charge in [-0.15, -0.1) is 0 Å². The van der Waals surface area contributed by atoms with Gasteiger partial charge in [-0.3, -0.25) is 9.89 Å². The van der Waals surface area contributed by atoms with Crippen molar-refractivity contribution in [2.24, 2.45) is 10.9 Å². The third-order valence-electron chi connectivity index (χ3n) is 5.22. The number of likely N-dealkylation sites (tertiary alicyclic amines) is 1. The Morgan fingerprint density at radius 2 is 1.96 bits per heavy atom. The molecule has 1 aromatic carbocycles. The first kappa shape index (κ1) is 21.0. The van der Waals surface area contributed by atoms with Gasteiger partial charge in [-0.2, -0.15) is 0 Å². The van der Waals surface area contributed by atoms with E-state index in [4.69, 9.17) is 4.74 Å². The first-order valence-corrected chi connectivity index (χ1v) is 10.4. The van der Waals surface area contributed by atoms with E-state index in [1.807, 2.05) is 0 Å². The summed E-state index contributed by atoms with van der Waals surface area (Å²) >= 11 is 0. The third-order valence-corrected chi connectivity index (χ3v) is 5.22. The van der Waals surface area contributed by atoms with Crippen LogP contribution in [0.5, 0.6) is 0 Å². The molecule has 2 aliphatic rings. The molecular formula is C21H32F2N4O. The predicted molar refractivity (Wildman–Crippen MR) is 107 cm³/mol. The molecule has 5 nitrogen and oxygen atoms in total. The molecule has 0 radical (unpaired) electrons. The molecule has 0 aromatic heterocycles. The first-order chi connectivity index (χ1) is 13.6. The summed E-state index contributed by atoms with van der Waals surface area (Å²) in [5, 5.41) is 6.81. The number of hydrogen-bond acceptors (Lipinski definition) is 3. The lowest BCUT2D eigenvalue weighted by atomic mass is 10.0. The number of hydrogen-bond donors (Lipinski definition) is 2. The fourth-order valence-electron chi connectivity index (χ4n) is 3.40. The Labute approximate surface area is 166 Å². The van der Waals surface area contributed by atoms with Gasteiger partial charge < -0.3 is 15.4 Å². The normalized spacial score (nSPS) is 19.0. The topological polar surface area (TPSA) is 48.9 Å². The number of nitrogens with zero attached hydrogens (tertiary/aromatic N) is 2. The number of nitrogens with one attached hydrogen (secondary N) is 2. The van der Waals surface area contributed by atoms with Crippen molar-refractivity contribution in [1.82, 2.24) is 15.5 Å². The highest BCUT2D eigenvalue weighted by molar-refractivity contribution is 5.80. The second-order valence-electron chi connectivity index (χ2n) is 7.72. The summed E-state index contributed by atoms with van der Waals surface area (Å²) in [4.78, 5) is 6.89. The van der Waals surface area contributed by atoms with Crippen LogP contribution in [0.25, 0.3) is 0 Å². The van der Waals surface area contributed by atoms with Crippen LogP contribution in [0, 0.1) is 17.6 Å². The molecule has 156 valence electrons. The minimum Gasteiger partial charge on any atom is -0.379 e. The predicted octanol–water partition coefficient (Wildman–Crippen LogP) is 2.91. The van der Waals surface area contributed by atoms with Gasteiger partial charge in [0, 0.05) is 38.8 Å². The summed E-state index contributed by atoms with van der Waals surface area (Å²) in [6.45, 7) is 7.57. The number of aliphatic imine (C=N–C) groups is 1. The smallest absolute Gasteiger partial charge is 0.191 e. The molecule has 2 N–H and O–H groups in total. The van der Waals surface area contributed by atoms with E-state index in [-0.39, 0.29) is 0 Å². The van der Waals surface area contributed by atoms with Crippen LogP contribution in [-0.2, 0) is 11.3 Å². The third kappa shape index (κ3) is 7.02. The van der Waals surface area contributed by atoms with Crippen LogP contribution >= 0.6 is 0 Å². The van der Waals surface area contributed by atoms with Crippen LogP contribution < -0.4 is 10.6 Å². The Balaban J connectivity index is 1.38. The van der Waals surface area contributed by atoms with Crippen LogP contribution in [0.2, 0.25) is 0 Å². The molecule has 3 rings (SSSR count). The van der Waals surface area contributed by atoms with E-state index in [1.165, 1.54) is 25.0 Å². The van der Waals surface area contributed by atoms with Gasteiger partial charge in [0.1, 0.15) is 0 Å². The number of ether oxygens (including phenoxy) is 1. The zero-order valence-corrected chi connectivity index (χ0v) is 16.7. The van der Waals surface area contributed by atoms with Gasteiger partial charge in [-0.25, -0.2) is 8.78 Å². The second-order valence-corrected chi connectivity index (χ2v) is 7.72. The lowest BCUT2D eigenvalue weighted by Crippen LogP contribution is -2.48. The molecule has 1 heterocycles. The highest BCUT2D eigenvalue weighted by Crippen LogP contribution is 2.28. The fraction of sp³-hybridized carbons (Fsp3) is 0.667. The largest absolute Gasteiger partial charge is 0.379 e. The van der Waals surface area contributed by atoms with Gasteiger partial charge in [0.2, 0.25) is 0 Å². The van der Waals surface area contributed by atoms with Crippen molar-refractivity contribution in [1.29, 1.82) is 0 Å². The summed E-state index contributed by atoms with van der Waals surface area (Å²) in [5.74, 6) is 0.0602. The Kier molecular flexibility index (Phi) is 8.03. The molecule has 7 heteroatoms. The molecule has 0 amide bonds. The quantitative estimate of drug-likeness (QED) is 0.384. The maximum Gasteiger partial charge on any atom is 0.191 e. The molecule has 0 atom stereocenters. The second kappa shape index (κ2) is 10.7. The van der Waals surface area contributed by atoms with Crippen LogP contribution in [0.4, 0.5) is 8.78 Å². The number of guanidine groups is 1. The van der Waals surface area contributed by atoms with Gasteiger partial charge >= 0.3 is 0 Å². The summed E-state index contributed by atoms with van der Waals surface area (Å²) in [6.07, 6.45) is 4.60. The fourth-order valence-corrected chi connectivity index (χ4v) is 3.40. The van der Waals surface area contributed by atoms with E-state index in [0.29, 0.717) is 25.7 Å². The zero-order chi connectivity index (χ0) is 19.8. The van der Waals surface area contributed by atoms with Gasteiger partial charge in [0.15, 0.2) is 17.6 Å². The van der Waals surface area contributed by atoms with Crippen molar-refractivity contribution in [2.45, 2.75) is 45.2 Å². The van der Waals surface area contributed by atoms with Crippen molar-refractivity contribution in [3.05, 3.63) is 35.4 Å². The SMILES string of the molecule is CCNC(=NCCOCC1CC1)NC1CCN(Cc2ccc(F)c(F)c2)CC1. The van der Waals surface area contributed by atoms with E-state index >= 15 is 0 Å². The minimum atomic E-state index is -0.792. The summed E-state index contributed by atoms with van der Waals surface area (Å²) in [7, 11) is 0. The van der Waals surface area contributed by atoms with Crippen molar-refractivity contribution in [3.8, 4) is 0 Å². The summed E-state index contributed by atoms with van der Waals surface area (Å²) in [6, 6.07) is 4.52. The van der Waals surface area contributed by atoms with Crippen LogP contribution in [0.3, 0.4) is 0 Å². The molecule has 1 saturated heterocycles. The van der Waals surface area contributed by atoms with E-state index in [0.717, 1.165) is 56.5 Å². The van der Waals surface area contributed by atoms with Crippen molar-refractivity contribution in [3.63, 3.8) is 0 Å². The Bertz CT molecular complexity index is 643. The van der Waals surface area contributed by atoms with Crippen LogP contribution in [0.15, 0.2) is 23.2 Å². The maximum atomic E-state index is 13.4. The maximum absolute atomic E-state index is 13.4. The highest BCUT2D eigenvalue weighted by atomic mass is 19.2.